The molecule has 1 fully saturated rings. The van der Waals surface area contributed by atoms with Gasteiger partial charge in [0.25, 0.3) is 0 Å². The van der Waals surface area contributed by atoms with Gasteiger partial charge in [0.2, 0.25) is 0 Å². The molecule has 2 aliphatic heterocycles. The second-order valence-corrected chi connectivity index (χ2v) is 7.11. The Morgan fingerprint density at radius 3 is 2.76 bits per heavy atom. The van der Waals surface area contributed by atoms with E-state index < -0.39 is 0 Å². The summed E-state index contributed by atoms with van der Waals surface area (Å²) in [7, 11) is 0. The van der Waals surface area contributed by atoms with Gasteiger partial charge in [-0.2, -0.15) is 0 Å². The molecule has 0 amide bonds. The van der Waals surface area contributed by atoms with Crippen molar-refractivity contribution in [2.24, 2.45) is 0 Å². The molecule has 1 aromatic carbocycles. The van der Waals surface area contributed by atoms with Gasteiger partial charge < -0.3 is 4.74 Å². The van der Waals surface area contributed by atoms with Crippen LogP contribution in [0.5, 0.6) is 0 Å². The smallest absolute Gasteiger partial charge is 0.0954 e. The largest absolute Gasteiger partial charge is 0.372 e. The standard InChI is InChI=1S/C21H27N3O/c1-17(19-6-4-9-22-15-19)24-12-10-23(11-13-24)16-21-20-7-3-2-5-18(20)8-14-25-21/h2-7,9,15,17,21H,8,10-14,16H2,1H3/t17-,21-/m1/s1. The monoisotopic (exact) mass is 337 g/mol. The van der Waals surface area contributed by atoms with Crippen LogP contribution in [-0.4, -0.2) is 54.1 Å². The Kier molecular flexibility index (Phi) is 5.11. The zero-order chi connectivity index (χ0) is 17.1. The SMILES string of the molecule is C[C@H](c1cccnc1)N1CCN(C[C@H]2OCCc3ccccc32)CC1. The highest BCUT2D eigenvalue weighted by atomic mass is 16.5. The van der Waals surface area contributed by atoms with Gasteiger partial charge in [0, 0.05) is 51.2 Å². The van der Waals surface area contributed by atoms with Crippen molar-refractivity contribution in [2.45, 2.75) is 25.5 Å². The van der Waals surface area contributed by atoms with Crippen molar-refractivity contribution in [3.63, 3.8) is 0 Å². The van der Waals surface area contributed by atoms with Crippen LogP contribution >= 0.6 is 0 Å². The van der Waals surface area contributed by atoms with Crippen LogP contribution in [0.25, 0.3) is 0 Å². The number of ether oxygens (including phenoxy) is 1. The van der Waals surface area contributed by atoms with E-state index in [2.05, 4.69) is 52.0 Å². The Morgan fingerprint density at radius 2 is 1.96 bits per heavy atom. The lowest BCUT2D eigenvalue weighted by molar-refractivity contribution is 0.000931. The normalized spacial score (nSPS) is 23.2. The average Bonchev–Trinajstić information content (AvgIpc) is 2.69. The fraction of sp³-hybridized carbons (Fsp3) is 0.476. The highest BCUT2D eigenvalue weighted by Crippen LogP contribution is 2.28. The molecular weight excluding hydrogens is 310 g/mol. The Balaban J connectivity index is 1.34. The number of piperazine rings is 1. The Bertz CT molecular complexity index is 683. The fourth-order valence-corrected chi connectivity index (χ4v) is 4.03. The summed E-state index contributed by atoms with van der Waals surface area (Å²) in [6, 6.07) is 13.4. The topological polar surface area (TPSA) is 28.6 Å². The maximum atomic E-state index is 6.09. The highest BCUT2D eigenvalue weighted by Gasteiger charge is 2.26. The van der Waals surface area contributed by atoms with E-state index in [9.17, 15) is 0 Å². The number of nitrogens with zero attached hydrogens (tertiary/aromatic N) is 3. The van der Waals surface area contributed by atoms with Gasteiger partial charge in [0.15, 0.2) is 0 Å². The quantitative estimate of drug-likeness (QED) is 0.857. The van der Waals surface area contributed by atoms with Crippen LogP contribution in [0.2, 0.25) is 0 Å². The molecular formula is C21H27N3O. The van der Waals surface area contributed by atoms with Crippen LogP contribution < -0.4 is 0 Å². The molecule has 4 nitrogen and oxygen atoms in total. The minimum absolute atomic E-state index is 0.229. The summed E-state index contributed by atoms with van der Waals surface area (Å²) < 4.78 is 6.09. The molecule has 0 unspecified atom stereocenters. The lowest BCUT2D eigenvalue weighted by Gasteiger charge is -2.40. The third kappa shape index (κ3) is 3.76. The maximum Gasteiger partial charge on any atom is 0.0954 e. The van der Waals surface area contributed by atoms with Crippen molar-refractivity contribution >= 4 is 0 Å². The number of benzene rings is 1. The van der Waals surface area contributed by atoms with Gasteiger partial charge in [-0.05, 0) is 36.1 Å². The van der Waals surface area contributed by atoms with Crippen LogP contribution in [-0.2, 0) is 11.2 Å². The van der Waals surface area contributed by atoms with Gasteiger partial charge >= 0.3 is 0 Å². The molecule has 0 spiro atoms. The molecule has 0 N–H and O–H groups in total. The van der Waals surface area contributed by atoms with Gasteiger partial charge in [-0.1, -0.05) is 30.3 Å². The molecule has 2 atom stereocenters. The molecule has 2 aromatic rings. The number of pyridine rings is 1. The molecule has 1 saturated heterocycles. The Hall–Kier alpha value is -1.75. The van der Waals surface area contributed by atoms with Crippen LogP contribution in [0, 0.1) is 0 Å². The molecule has 1 aromatic heterocycles. The third-order valence-electron chi connectivity index (χ3n) is 5.64. The van der Waals surface area contributed by atoms with Crippen molar-refractivity contribution < 1.29 is 4.74 Å². The lowest BCUT2D eigenvalue weighted by Crippen LogP contribution is -2.48. The summed E-state index contributed by atoms with van der Waals surface area (Å²) in [4.78, 5) is 9.37. The van der Waals surface area contributed by atoms with E-state index in [0.717, 1.165) is 45.8 Å². The maximum absolute atomic E-state index is 6.09. The molecule has 4 rings (SSSR count). The number of rotatable bonds is 4. The van der Waals surface area contributed by atoms with Crippen molar-refractivity contribution in [1.82, 2.24) is 14.8 Å². The lowest BCUT2D eigenvalue weighted by atomic mass is 9.97. The van der Waals surface area contributed by atoms with E-state index in [-0.39, 0.29) is 6.10 Å². The van der Waals surface area contributed by atoms with Crippen LogP contribution in [0.1, 0.15) is 35.8 Å². The molecule has 4 heteroatoms. The average molecular weight is 337 g/mol. The molecule has 3 heterocycles. The second-order valence-electron chi connectivity index (χ2n) is 7.11. The summed E-state index contributed by atoms with van der Waals surface area (Å²) in [6.45, 7) is 8.55. The summed E-state index contributed by atoms with van der Waals surface area (Å²) in [5, 5.41) is 0. The Morgan fingerprint density at radius 1 is 1.12 bits per heavy atom. The van der Waals surface area contributed by atoms with E-state index in [0.29, 0.717) is 6.04 Å². The van der Waals surface area contributed by atoms with Crippen LogP contribution in [0.4, 0.5) is 0 Å². The first-order chi connectivity index (χ1) is 12.3. The van der Waals surface area contributed by atoms with Gasteiger partial charge in [-0.25, -0.2) is 0 Å². The first kappa shape index (κ1) is 16.7. The molecule has 0 aliphatic carbocycles. The summed E-state index contributed by atoms with van der Waals surface area (Å²) in [5.74, 6) is 0. The van der Waals surface area contributed by atoms with Gasteiger partial charge in [-0.3, -0.25) is 14.8 Å². The van der Waals surface area contributed by atoms with Crippen LogP contribution in [0.15, 0.2) is 48.8 Å². The van der Waals surface area contributed by atoms with E-state index in [1.807, 2.05) is 18.5 Å². The Labute approximate surface area is 150 Å². The molecule has 0 bridgehead atoms. The van der Waals surface area contributed by atoms with Crippen molar-refractivity contribution in [1.29, 1.82) is 0 Å². The van der Waals surface area contributed by atoms with E-state index in [1.165, 1.54) is 16.7 Å². The van der Waals surface area contributed by atoms with E-state index >= 15 is 0 Å². The van der Waals surface area contributed by atoms with Crippen molar-refractivity contribution in [3.05, 3.63) is 65.5 Å². The third-order valence-corrected chi connectivity index (χ3v) is 5.64. The summed E-state index contributed by atoms with van der Waals surface area (Å²) >= 11 is 0. The first-order valence-corrected chi connectivity index (χ1v) is 9.37. The molecule has 25 heavy (non-hydrogen) atoms. The number of fused-ring (bicyclic) bond motifs is 1. The molecule has 2 aliphatic rings. The van der Waals surface area contributed by atoms with E-state index in [4.69, 9.17) is 4.74 Å². The fourth-order valence-electron chi connectivity index (χ4n) is 4.03. The van der Waals surface area contributed by atoms with Crippen molar-refractivity contribution in [3.8, 4) is 0 Å². The molecule has 0 saturated carbocycles. The molecule has 0 radical (unpaired) electrons. The second kappa shape index (κ2) is 7.65. The highest BCUT2D eigenvalue weighted by molar-refractivity contribution is 5.31. The zero-order valence-electron chi connectivity index (χ0n) is 15.0. The summed E-state index contributed by atoms with van der Waals surface area (Å²) in [6.07, 6.45) is 5.11. The number of aromatic nitrogens is 1. The minimum atomic E-state index is 0.229. The summed E-state index contributed by atoms with van der Waals surface area (Å²) in [5.41, 5.74) is 4.16. The zero-order valence-corrected chi connectivity index (χ0v) is 15.0. The molecule has 132 valence electrons. The van der Waals surface area contributed by atoms with Gasteiger partial charge in [-0.15, -0.1) is 0 Å². The minimum Gasteiger partial charge on any atom is -0.372 e. The predicted octanol–water partition coefficient (Wildman–Crippen LogP) is 3.07. The number of hydrogen-bond donors (Lipinski definition) is 0. The van der Waals surface area contributed by atoms with E-state index in [1.54, 1.807) is 0 Å². The first-order valence-electron chi connectivity index (χ1n) is 9.37. The van der Waals surface area contributed by atoms with Gasteiger partial charge in [0.1, 0.15) is 0 Å². The van der Waals surface area contributed by atoms with Crippen LogP contribution in [0.3, 0.4) is 0 Å². The van der Waals surface area contributed by atoms with Crippen molar-refractivity contribution in [2.75, 3.05) is 39.3 Å². The predicted molar refractivity (Wildman–Crippen MR) is 99.5 cm³/mol. The van der Waals surface area contributed by atoms with Gasteiger partial charge in [0.05, 0.1) is 12.7 Å². The number of hydrogen-bond acceptors (Lipinski definition) is 4.